The van der Waals surface area contributed by atoms with Crippen LogP contribution in [0.15, 0.2) is 39.7 Å². The van der Waals surface area contributed by atoms with Crippen LogP contribution in [0.2, 0.25) is 0 Å². The van der Waals surface area contributed by atoms with Crippen LogP contribution in [0.5, 0.6) is 11.5 Å². The summed E-state index contributed by atoms with van der Waals surface area (Å²) in [7, 11) is 3.06. The fourth-order valence-corrected chi connectivity index (χ4v) is 3.28. The Kier molecular flexibility index (Phi) is 3.77. The number of hydrogen-bond donors (Lipinski definition) is 1. The highest BCUT2D eigenvalue weighted by molar-refractivity contribution is 7.20. The first-order valence-corrected chi connectivity index (χ1v) is 8.23. The van der Waals surface area contributed by atoms with E-state index in [4.69, 9.17) is 13.9 Å². The van der Waals surface area contributed by atoms with E-state index < -0.39 is 0 Å². The van der Waals surface area contributed by atoms with Crippen LogP contribution in [0.25, 0.3) is 15.9 Å². The van der Waals surface area contributed by atoms with Crippen molar-refractivity contribution in [2.75, 3.05) is 19.5 Å². The van der Waals surface area contributed by atoms with Gasteiger partial charge in [-0.1, -0.05) is 11.3 Å². The van der Waals surface area contributed by atoms with Gasteiger partial charge >= 0.3 is 0 Å². The van der Waals surface area contributed by atoms with Gasteiger partial charge in [0.2, 0.25) is 10.1 Å². The van der Waals surface area contributed by atoms with Gasteiger partial charge in [-0.25, -0.2) is 4.98 Å². The molecule has 0 saturated carbocycles. The molecule has 0 saturated heterocycles. The predicted octanol–water partition coefficient (Wildman–Crippen LogP) is 2.53. The molecule has 0 amide bonds. The largest absolute Gasteiger partial charge is 0.493 e. The van der Waals surface area contributed by atoms with E-state index >= 15 is 0 Å². The monoisotopic (exact) mass is 358 g/mol. The van der Waals surface area contributed by atoms with E-state index in [2.05, 4.69) is 15.4 Å². The molecule has 1 aromatic carbocycles. The molecule has 4 aromatic rings. The summed E-state index contributed by atoms with van der Waals surface area (Å²) >= 11 is 1.29. The first-order chi connectivity index (χ1) is 12.2. The number of furan rings is 1. The molecule has 0 fully saturated rings. The molecular formula is C16H14N4O4S. The molecule has 0 bridgehead atoms. The zero-order valence-electron chi connectivity index (χ0n) is 13.5. The Morgan fingerprint density at radius 3 is 2.80 bits per heavy atom. The Bertz CT molecular complexity index is 1100. The third kappa shape index (κ3) is 2.68. The molecule has 3 aromatic heterocycles. The average molecular weight is 358 g/mol. The van der Waals surface area contributed by atoms with Crippen molar-refractivity contribution in [1.82, 2.24) is 14.6 Å². The summed E-state index contributed by atoms with van der Waals surface area (Å²) in [6.45, 7) is 0.475. The van der Waals surface area contributed by atoms with Crippen molar-refractivity contribution in [2.45, 2.75) is 6.54 Å². The molecule has 25 heavy (non-hydrogen) atoms. The van der Waals surface area contributed by atoms with Crippen molar-refractivity contribution < 1.29 is 13.9 Å². The zero-order chi connectivity index (χ0) is 17.4. The number of rotatable bonds is 5. The quantitative estimate of drug-likeness (QED) is 0.586. The number of nitrogens with one attached hydrogen (secondary N) is 1. The summed E-state index contributed by atoms with van der Waals surface area (Å²) in [5, 5.41) is 8.42. The number of methoxy groups -OCH3 is 2. The van der Waals surface area contributed by atoms with Gasteiger partial charge in [-0.3, -0.25) is 4.79 Å². The van der Waals surface area contributed by atoms with Gasteiger partial charge in [0, 0.05) is 6.07 Å². The summed E-state index contributed by atoms with van der Waals surface area (Å²) in [5.74, 6) is 1.77. The minimum absolute atomic E-state index is 0.261. The van der Waals surface area contributed by atoms with E-state index in [9.17, 15) is 4.79 Å². The predicted molar refractivity (Wildman–Crippen MR) is 93.8 cm³/mol. The minimum atomic E-state index is -0.261. The van der Waals surface area contributed by atoms with Crippen molar-refractivity contribution in [2.24, 2.45) is 0 Å². The average Bonchev–Trinajstić information content (AvgIpc) is 3.28. The number of fused-ring (bicyclic) bond motifs is 2. The van der Waals surface area contributed by atoms with Gasteiger partial charge in [0.25, 0.3) is 5.56 Å². The molecule has 0 aliphatic heterocycles. The molecule has 1 N–H and O–H groups in total. The number of benzene rings is 1. The molecule has 8 nitrogen and oxygen atoms in total. The minimum Gasteiger partial charge on any atom is -0.493 e. The first kappa shape index (κ1) is 15.5. The van der Waals surface area contributed by atoms with Crippen molar-refractivity contribution in [3.63, 3.8) is 0 Å². The highest BCUT2D eigenvalue weighted by atomic mass is 32.1. The van der Waals surface area contributed by atoms with Crippen molar-refractivity contribution in [3.8, 4) is 11.5 Å². The van der Waals surface area contributed by atoms with E-state index in [-0.39, 0.29) is 5.56 Å². The maximum Gasteiger partial charge on any atom is 0.283 e. The Labute approximate surface area is 145 Å². The lowest BCUT2D eigenvalue weighted by Crippen LogP contribution is -2.15. The lowest BCUT2D eigenvalue weighted by molar-refractivity contribution is 0.355. The number of ether oxygens (including phenoxy) is 2. The van der Waals surface area contributed by atoms with Gasteiger partial charge in [0.05, 0.1) is 37.9 Å². The maximum absolute atomic E-state index is 12.7. The van der Waals surface area contributed by atoms with Gasteiger partial charge < -0.3 is 19.2 Å². The van der Waals surface area contributed by atoms with Gasteiger partial charge in [-0.15, -0.1) is 5.10 Å². The molecule has 3 heterocycles. The van der Waals surface area contributed by atoms with E-state index in [1.807, 2.05) is 12.1 Å². The fraction of sp³-hybridized carbons (Fsp3) is 0.188. The van der Waals surface area contributed by atoms with Crippen LogP contribution in [0.4, 0.5) is 5.13 Å². The Morgan fingerprint density at radius 2 is 2.08 bits per heavy atom. The summed E-state index contributed by atoms with van der Waals surface area (Å²) in [6, 6.07) is 6.98. The van der Waals surface area contributed by atoms with Crippen molar-refractivity contribution in [3.05, 3.63) is 46.6 Å². The van der Waals surface area contributed by atoms with Crippen LogP contribution in [-0.4, -0.2) is 28.8 Å². The topological polar surface area (TPSA) is 90.9 Å². The molecule has 128 valence electrons. The smallest absolute Gasteiger partial charge is 0.283 e. The third-order valence-electron chi connectivity index (χ3n) is 3.69. The molecule has 4 rings (SSSR count). The second-order valence-corrected chi connectivity index (χ2v) is 6.13. The van der Waals surface area contributed by atoms with Gasteiger partial charge in [-0.05, 0) is 18.2 Å². The zero-order valence-corrected chi connectivity index (χ0v) is 14.3. The van der Waals surface area contributed by atoms with Crippen LogP contribution in [0.3, 0.4) is 0 Å². The normalized spacial score (nSPS) is 11.1. The molecule has 0 spiro atoms. The third-order valence-corrected chi connectivity index (χ3v) is 4.56. The van der Waals surface area contributed by atoms with Gasteiger partial charge in [0.1, 0.15) is 5.76 Å². The lowest BCUT2D eigenvalue weighted by Gasteiger charge is -2.08. The standard InChI is InChI=1S/C16H14N4O4S/c1-22-12-6-10-11(7-13(12)23-2)18-16-20(14(10)21)19-15(25-16)17-8-9-4-3-5-24-9/h3-7H,8H2,1-2H3,(H,17,19). The highest BCUT2D eigenvalue weighted by Crippen LogP contribution is 2.31. The van der Waals surface area contributed by atoms with Gasteiger partial charge in [-0.2, -0.15) is 4.52 Å². The van der Waals surface area contributed by atoms with Crippen molar-refractivity contribution in [1.29, 1.82) is 0 Å². The highest BCUT2D eigenvalue weighted by Gasteiger charge is 2.14. The van der Waals surface area contributed by atoms with E-state index in [0.717, 1.165) is 5.76 Å². The molecular weight excluding hydrogens is 344 g/mol. The van der Waals surface area contributed by atoms with Crippen molar-refractivity contribution >= 4 is 32.3 Å². The summed E-state index contributed by atoms with van der Waals surface area (Å²) in [5.41, 5.74) is 0.270. The molecule has 9 heteroatoms. The molecule has 0 radical (unpaired) electrons. The number of anilines is 1. The lowest BCUT2D eigenvalue weighted by atomic mass is 10.2. The van der Waals surface area contributed by atoms with Gasteiger partial charge in [0.15, 0.2) is 11.5 Å². The molecule has 0 atom stereocenters. The second-order valence-electron chi connectivity index (χ2n) is 5.18. The number of aromatic nitrogens is 3. The summed E-state index contributed by atoms with van der Waals surface area (Å²) < 4.78 is 17.1. The molecule has 0 aliphatic carbocycles. The Morgan fingerprint density at radius 1 is 1.28 bits per heavy atom. The van der Waals surface area contributed by atoms with Crippen LogP contribution in [0.1, 0.15) is 5.76 Å². The number of hydrogen-bond acceptors (Lipinski definition) is 8. The van der Waals surface area contributed by atoms with Crippen LogP contribution in [-0.2, 0) is 6.54 Å². The van der Waals surface area contributed by atoms with Crippen LogP contribution < -0.4 is 20.3 Å². The molecule has 0 aliphatic rings. The molecule has 0 unspecified atom stereocenters. The SMILES string of the molecule is COc1cc2nc3sc(NCc4ccco4)nn3c(=O)c2cc1OC. The second kappa shape index (κ2) is 6.10. The summed E-state index contributed by atoms with van der Waals surface area (Å²) in [4.78, 5) is 17.7. The first-order valence-electron chi connectivity index (χ1n) is 7.41. The Hall–Kier alpha value is -3.07. The Balaban J connectivity index is 1.79. The van der Waals surface area contributed by atoms with Crippen LogP contribution >= 0.6 is 11.3 Å². The van der Waals surface area contributed by atoms with Crippen LogP contribution in [0, 0.1) is 0 Å². The fourth-order valence-electron chi connectivity index (χ4n) is 2.48. The van der Waals surface area contributed by atoms with E-state index in [1.165, 1.54) is 23.0 Å². The number of nitrogens with zero attached hydrogens (tertiary/aromatic N) is 3. The maximum atomic E-state index is 12.7. The summed E-state index contributed by atoms with van der Waals surface area (Å²) in [6.07, 6.45) is 1.61. The van der Waals surface area contributed by atoms with E-state index in [0.29, 0.717) is 39.0 Å². The van der Waals surface area contributed by atoms with E-state index in [1.54, 1.807) is 25.5 Å².